The van der Waals surface area contributed by atoms with Crippen LogP contribution in [0.2, 0.25) is 0 Å². The van der Waals surface area contributed by atoms with Crippen LogP contribution in [0, 0.1) is 0 Å². The number of amides is 1. The Bertz CT molecular complexity index is 1050. The van der Waals surface area contributed by atoms with Crippen molar-refractivity contribution < 1.29 is 4.79 Å². The van der Waals surface area contributed by atoms with Gasteiger partial charge in [0.2, 0.25) is 5.91 Å². The fourth-order valence-corrected chi connectivity index (χ4v) is 3.36. The highest BCUT2D eigenvalue weighted by Crippen LogP contribution is 2.14. The van der Waals surface area contributed by atoms with Crippen LogP contribution in [0.25, 0.3) is 16.6 Å². The van der Waals surface area contributed by atoms with Gasteiger partial charge in [-0.1, -0.05) is 30.7 Å². The van der Waals surface area contributed by atoms with E-state index in [9.17, 15) is 4.79 Å². The second-order valence-corrected chi connectivity index (χ2v) is 6.71. The summed E-state index contributed by atoms with van der Waals surface area (Å²) in [5, 5.41) is 12.6. The van der Waals surface area contributed by atoms with Gasteiger partial charge in [-0.15, -0.1) is 10.2 Å². The molecule has 4 aromatic rings. The molecule has 0 spiro atoms. The maximum atomic E-state index is 12.2. The molecule has 3 aromatic heterocycles. The summed E-state index contributed by atoms with van der Waals surface area (Å²) in [5.74, 6) is 1.05. The van der Waals surface area contributed by atoms with Crippen molar-refractivity contribution in [1.29, 1.82) is 0 Å². The normalized spacial score (nSPS) is 11.3. The molecule has 0 radical (unpaired) electrons. The van der Waals surface area contributed by atoms with E-state index in [0.717, 1.165) is 48.1 Å². The number of hydrogen-bond acceptors (Lipinski definition) is 3. The number of benzene rings is 1. The van der Waals surface area contributed by atoms with Crippen molar-refractivity contribution in [3.05, 3.63) is 66.7 Å². The summed E-state index contributed by atoms with van der Waals surface area (Å²) >= 11 is 0. The van der Waals surface area contributed by atoms with Crippen molar-refractivity contribution in [2.24, 2.45) is 0 Å². The zero-order valence-corrected chi connectivity index (χ0v) is 15.2. The number of hydrogen-bond donors (Lipinski definition) is 1. The standard InChI is InChI=1S/C21H23N5O/c27-21(16-25-15-12-17-8-3-4-9-18(17)25)22-13-6-1-2-10-19-23-24-20-11-5-7-14-26(19)20/h3-5,7-9,11-12,14-15H,1-2,6,10,13,16H2,(H,22,27). The lowest BCUT2D eigenvalue weighted by Gasteiger charge is -2.07. The van der Waals surface area contributed by atoms with Gasteiger partial charge in [0.25, 0.3) is 0 Å². The molecule has 27 heavy (non-hydrogen) atoms. The van der Waals surface area contributed by atoms with E-state index in [1.54, 1.807) is 0 Å². The number of para-hydroxylation sites is 1. The van der Waals surface area contributed by atoms with Gasteiger partial charge >= 0.3 is 0 Å². The Balaban J connectivity index is 1.17. The molecule has 0 unspecified atom stereocenters. The third-order valence-electron chi connectivity index (χ3n) is 4.78. The smallest absolute Gasteiger partial charge is 0.239 e. The molecule has 0 aliphatic heterocycles. The van der Waals surface area contributed by atoms with Gasteiger partial charge in [0.1, 0.15) is 12.4 Å². The second kappa shape index (κ2) is 8.03. The predicted octanol–water partition coefficient (Wildman–Crippen LogP) is 3.21. The molecule has 1 amide bonds. The van der Waals surface area contributed by atoms with Crippen molar-refractivity contribution in [3.63, 3.8) is 0 Å². The highest BCUT2D eigenvalue weighted by Gasteiger charge is 2.06. The minimum Gasteiger partial charge on any atom is -0.355 e. The minimum absolute atomic E-state index is 0.0554. The van der Waals surface area contributed by atoms with Gasteiger partial charge in [0.05, 0.1) is 0 Å². The first-order valence-corrected chi connectivity index (χ1v) is 9.40. The Labute approximate surface area is 157 Å². The molecular formula is C21H23N5O. The molecule has 138 valence electrons. The molecule has 6 heteroatoms. The average molecular weight is 361 g/mol. The molecular weight excluding hydrogens is 338 g/mol. The second-order valence-electron chi connectivity index (χ2n) is 6.71. The molecule has 0 saturated carbocycles. The maximum absolute atomic E-state index is 12.2. The predicted molar refractivity (Wildman–Crippen MR) is 105 cm³/mol. The topological polar surface area (TPSA) is 64.2 Å². The molecule has 3 heterocycles. The Morgan fingerprint density at radius 2 is 1.81 bits per heavy atom. The first-order valence-electron chi connectivity index (χ1n) is 9.40. The fourth-order valence-electron chi connectivity index (χ4n) is 3.36. The van der Waals surface area contributed by atoms with E-state index in [1.165, 1.54) is 0 Å². The van der Waals surface area contributed by atoms with Gasteiger partial charge in [0.15, 0.2) is 5.65 Å². The zero-order valence-electron chi connectivity index (χ0n) is 15.2. The van der Waals surface area contributed by atoms with E-state index in [-0.39, 0.29) is 5.91 Å². The van der Waals surface area contributed by atoms with Gasteiger partial charge in [-0.25, -0.2) is 0 Å². The third kappa shape index (κ3) is 4.00. The van der Waals surface area contributed by atoms with Crippen LogP contribution in [-0.4, -0.2) is 31.6 Å². The van der Waals surface area contributed by atoms with Gasteiger partial charge in [-0.05, 0) is 42.5 Å². The van der Waals surface area contributed by atoms with Gasteiger partial charge < -0.3 is 9.88 Å². The van der Waals surface area contributed by atoms with Crippen molar-refractivity contribution >= 4 is 22.5 Å². The Morgan fingerprint density at radius 1 is 0.926 bits per heavy atom. The van der Waals surface area contributed by atoms with Crippen LogP contribution in [-0.2, 0) is 17.8 Å². The fraction of sp³-hybridized carbons (Fsp3) is 0.286. The Kier molecular flexibility index (Phi) is 5.14. The van der Waals surface area contributed by atoms with Crippen LogP contribution >= 0.6 is 0 Å². The zero-order chi connectivity index (χ0) is 18.5. The van der Waals surface area contributed by atoms with Crippen molar-refractivity contribution in [2.75, 3.05) is 6.54 Å². The largest absolute Gasteiger partial charge is 0.355 e. The Hall–Kier alpha value is -3.15. The van der Waals surface area contributed by atoms with Crippen LogP contribution in [0.3, 0.4) is 0 Å². The molecule has 1 aromatic carbocycles. The molecule has 1 N–H and O–H groups in total. The van der Waals surface area contributed by atoms with Crippen molar-refractivity contribution in [3.8, 4) is 0 Å². The molecule has 0 aliphatic rings. The summed E-state index contributed by atoms with van der Waals surface area (Å²) in [6.45, 7) is 1.07. The van der Waals surface area contributed by atoms with Crippen LogP contribution in [0.15, 0.2) is 60.9 Å². The van der Waals surface area contributed by atoms with E-state index in [1.807, 2.05) is 63.8 Å². The van der Waals surface area contributed by atoms with Crippen molar-refractivity contribution in [2.45, 2.75) is 32.2 Å². The molecule has 0 atom stereocenters. The number of nitrogens with zero attached hydrogens (tertiary/aromatic N) is 4. The molecule has 0 fully saturated rings. The van der Waals surface area contributed by atoms with Gasteiger partial charge in [-0.3, -0.25) is 9.20 Å². The summed E-state index contributed by atoms with van der Waals surface area (Å²) in [5.41, 5.74) is 1.98. The number of aryl methyl sites for hydroxylation is 1. The lowest BCUT2D eigenvalue weighted by Crippen LogP contribution is -2.28. The molecule has 4 rings (SSSR count). The molecule has 0 aliphatic carbocycles. The number of pyridine rings is 1. The number of unbranched alkanes of at least 4 members (excludes halogenated alkanes) is 2. The summed E-state index contributed by atoms with van der Waals surface area (Å²) in [4.78, 5) is 12.2. The van der Waals surface area contributed by atoms with Crippen molar-refractivity contribution in [1.82, 2.24) is 24.5 Å². The number of carbonyl (C=O) groups is 1. The van der Waals surface area contributed by atoms with E-state index in [4.69, 9.17) is 0 Å². The molecule has 0 bridgehead atoms. The molecule has 6 nitrogen and oxygen atoms in total. The van der Waals surface area contributed by atoms with Crippen LogP contribution < -0.4 is 5.32 Å². The maximum Gasteiger partial charge on any atom is 0.239 e. The first kappa shape index (κ1) is 17.3. The van der Waals surface area contributed by atoms with Gasteiger partial charge in [-0.2, -0.15) is 0 Å². The Morgan fingerprint density at radius 3 is 2.78 bits per heavy atom. The van der Waals surface area contributed by atoms with Crippen LogP contribution in [0.1, 0.15) is 25.1 Å². The lowest BCUT2D eigenvalue weighted by atomic mass is 10.2. The highest BCUT2D eigenvalue weighted by atomic mass is 16.1. The summed E-state index contributed by atoms with van der Waals surface area (Å²) in [6.07, 6.45) is 7.91. The third-order valence-corrected chi connectivity index (χ3v) is 4.78. The number of carbonyl (C=O) groups excluding carboxylic acids is 1. The number of fused-ring (bicyclic) bond motifs is 2. The number of nitrogens with one attached hydrogen (secondary N) is 1. The van der Waals surface area contributed by atoms with E-state index in [0.29, 0.717) is 13.1 Å². The minimum atomic E-state index is 0.0554. The van der Waals surface area contributed by atoms with E-state index in [2.05, 4.69) is 21.6 Å². The lowest BCUT2D eigenvalue weighted by molar-refractivity contribution is -0.121. The monoisotopic (exact) mass is 361 g/mol. The summed E-state index contributed by atoms with van der Waals surface area (Å²) < 4.78 is 4.02. The highest BCUT2D eigenvalue weighted by molar-refractivity contribution is 5.83. The summed E-state index contributed by atoms with van der Waals surface area (Å²) in [6, 6.07) is 16.1. The van der Waals surface area contributed by atoms with E-state index >= 15 is 0 Å². The quantitative estimate of drug-likeness (QED) is 0.490. The number of aromatic nitrogens is 4. The molecule has 0 saturated heterocycles. The van der Waals surface area contributed by atoms with Gasteiger partial charge in [0, 0.05) is 30.9 Å². The first-order chi connectivity index (χ1) is 13.3. The van der Waals surface area contributed by atoms with E-state index < -0.39 is 0 Å². The van der Waals surface area contributed by atoms with Crippen LogP contribution in [0.4, 0.5) is 0 Å². The average Bonchev–Trinajstić information content (AvgIpc) is 3.29. The van der Waals surface area contributed by atoms with Crippen LogP contribution in [0.5, 0.6) is 0 Å². The SMILES string of the molecule is O=C(Cn1ccc2ccccc21)NCCCCCc1nnc2ccccn12. The number of rotatable bonds is 8. The summed E-state index contributed by atoms with van der Waals surface area (Å²) in [7, 11) is 0.